The molecule has 0 radical (unpaired) electrons. The quantitative estimate of drug-likeness (QED) is 0.634. The van der Waals surface area contributed by atoms with Gasteiger partial charge in [-0.15, -0.1) is 0 Å². The lowest BCUT2D eigenvalue weighted by Gasteiger charge is -2.28. The van der Waals surface area contributed by atoms with Crippen molar-refractivity contribution < 1.29 is 14.3 Å². The lowest BCUT2D eigenvalue weighted by Crippen LogP contribution is -2.50. The van der Waals surface area contributed by atoms with Crippen molar-refractivity contribution in [1.82, 2.24) is 15.5 Å². The van der Waals surface area contributed by atoms with Crippen LogP contribution in [0.2, 0.25) is 0 Å². The first kappa shape index (κ1) is 17.9. The fourth-order valence-corrected chi connectivity index (χ4v) is 2.65. The lowest BCUT2D eigenvalue weighted by atomic mass is 9.99. The Morgan fingerprint density at radius 2 is 2.14 bits per heavy atom. The molecule has 1 amide bonds. The van der Waals surface area contributed by atoms with Gasteiger partial charge in [0.1, 0.15) is 6.04 Å². The summed E-state index contributed by atoms with van der Waals surface area (Å²) in [6.45, 7) is 9.07. The van der Waals surface area contributed by atoms with Crippen LogP contribution in [-0.4, -0.2) is 62.1 Å². The Morgan fingerprint density at radius 3 is 2.62 bits per heavy atom. The summed E-state index contributed by atoms with van der Waals surface area (Å²) >= 11 is 0. The van der Waals surface area contributed by atoms with E-state index in [-0.39, 0.29) is 17.8 Å². The summed E-state index contributed by atoms with van der Waals surface area (Å²) in [7, 11) is 1.35. The van der Waals surface area contributed by atoms with Crippen LogP contribution < -0.4 is 10.6 Å². The van der Waals surface area contributed by atoms with E-state index in [1.54, 1.807) is 0 Å². The van der Waals surface area contributed by atoms with Gasteiger partial charge < -0.3 is 15.4 Å². The van der Waals surface area contributed by atoms with Gasteiger partial charge in [0.25, 0.3) is 0 Å². The molecule has 1 aliphatic rings. The number of esters is 1. The number of ether oxygens (including phenoxy) is 1. The monoisotopic (exact) mass is 299 g/mol. The van der Waals surface area contributed by atoms with Crippen molar-refractivity contribution in [3.8, 4) is 0 Å². The summed E-state index contributed by atoms with van der Waals surface area (Å²) < 4.78 is 4.79. The Bertz CT molecular complexity index is 343. The number of methoxy groups -OCH3 is 1. The third-order valence-electron chi connectivity index (χ3n) is 4.29. The summed E-state index contributed by atoms with van der Waals surface area (Å²) in [5, 5.41) is 6.14. The molecule has 0 saturated carbocycles. The molecular formula is C15H29N3O3. The van der Waals surface area contributed by atoms with Crippen molar-refractivity contribution in [3.63, 3.8) is 0 Å². The molecule has 3 unspecified atom stereocenters. The lowest BCUT2D eigenvalue weighted by molar-refractivity contribution is -0.146. The summed E-state index contributed by atoms with van der Waals surface area (Å²) in [4.78, 5) is 26.2. The Kier molecular flexibility index (Phi) is 7.67. The third kappa shape index (κ3) is 5.28. The van der Waals surface area contributed by atoms with E-state index >= 15 is 0 Å². The SMILES string of the molecule is CCC(C)C(NC(=O)CN(CC)C1CCNC1)C(=O)OC. The molecule has 3 atom stereocenters. The summed E-state index contributed by atoms with van der Waals surface area (Å²) in [6, 6.07) is -0.158. The second-order valence-corrected chi connectivity index (χ2v) is 5.66. The molecule has 1 heterocycles. The highest BCUT2D eigenvalue weighted by atomic mass is 16.5. The molecule has 21 heavy (non-hydrogen) atoms. The van der Waals surface area contributed by atoms with Crippen LogP contribution in [-0.2, 0) is 14.3 Å². The zero-order chi connectivity index (χ0) is 15.8. The van der Waals surface area contributed by atoms with Crippen LogP contribution >= 0.6 is 0 Å². The molecule has 1 aliphatic heterocycles. The molecule has 6 nitrogen and oxygen atoms in total. The molecule has 0 aromatic carbocycles. The first-order chi connectivity index (χ1) is 10.0. The predicted octanol–water partition coefficient (Wildman–Crippen LogP) is 0.374. The molecule has 0 aromatic rings. The van der Waals surface area contributed by atoms with E-state index in [1.165, 1.54) is 7.11 Å². The molecule has 122 valence electrons. The maximum absolute atomic E-state index is 12.2. The molecule has 0 aromatic heterocycles. The van der Waals surface area contributed by atoms with Gasteiger partial charge in [0.2, 0.25) is 5.91 Å². The number of carbonyl (C=O) groups excluding carboxylic acids is 2. The minimum Gasteiger partial charge on any atom is -0.467 e. The number of rotatable bonds is 8. The van der Waals surface area contributed by atoms with Crippen molar-refractivity contribution in [3.05, 3.63) is 0 Å². The number of hydrogen-bond acceptors (Lipinski definition) is 5. The summed E-state index contributed by atoms with van der Waals surface area (Å²) in [6.07, 6.45) is 1.87. The molecule has 0 aliphatic carbocycles. The van der Waals surface area contributed by atoms with Gasteiger partial charge >= 0.3 is 5.97 Å². The van der Waals surface area contributed by atoms with Crippen LogP contribution in [0, 0.1) is 5.92 Å². The molecule has 1 fully saturated rings. The first-order valence-electron chi connectivity index (χ1n) is 7.85. The molecule has 0 bridgehead atoms. The van der Waals surface area contributed by atoms with Crippen molar-refractivity contribution in [2.24, 2.45) is 5.92 Å². The van der Waals surface area contributed by atoms with Crippen molar-refractivity contribution >= 4 is 11.9 Å². The van der Waals surface area contributed by atoms with Gasteiger partial charge in [-0.1, -0.05) is 27.2 Å². The van der Waals surface area contributed by atoms with E-state index < -0.39 is 6.04 Å². The van der Waals surface area contributed by atoms with E-state index in [0.717, 1.165) is 32.5 Å². The molecule has 2 N–H and O–H groups in total. The molecule has 1 saturated heterocycles. The fourth-order valence-electron chi connectivity index (χ4n) is 2.65. The van der Waals surface area contributed by atoms with Crippen LogP contribution in [0.15, 0.2) is 0 Å². The standard InChI is InChI=1S/C15H29N3O3/c1-5-11(3)14(15(20)21-4)17-13(19)10-18(6-2)12-7-8-16-9-12/h11-12,14,16H,5-10H2,1-4H3,(H,17,19). The number of hydrogen-bond donors (Lipinski definition) is 2. The number of likely N-dealkylation sites (N-methyl/N-ethyl adjacent to an activating group) is 1. The highest BCUT2D eigenvalue weighted by Gasteiger charge is 2.28. The fraction of sp³-hybridized carbons (Fsp3) is 0.867. The van der Waals surface area contributed by atoms with E-state index in [4.69, 9.17) is 4.74 Å². The van der Waals surface area contributed by atoms with Crippen LogP contribution in [0.5, 0.6) is 0 Å². The highest BCUT2D eigenvalue weighted by Crippen LogP contribution is 2.11. The van der Waals surface area contributed by atoms with Gasteiger partial charge in [0, 0.05) is 12.6 Å². The Hall–Kier alpha value is -1.14. The zero-order valence-corrected chi connectivity index (χ0v) is 13.6. The average molecular weight is 299 g/mol. The maximum Gasteiger partial charge on any atom is 0.328 e. The average Bonchev–Trinajstić information content (AvgIpc) is 3.02. The largest absolute Gasteiger partial charge is 0.467 e. The van der Waals surface area contributed by atoms with E-state index in [0.29, 0.717) is 12.6 Å². The van der Waals surface area contributed by atoms with Crippen LogP contribution in [0.25, 0.3) is 0 Å². The van der Waals surface area contributed by atoms with Gasteiger partial charge in [-0.05, 0) is 25.4 Å². The topological polar surface area (TPSA) is 70.7 Å². The minimum atomic E-state index is -0.562. The Morgan fingerprint density at radius 1 is 1.43 bits per heavy atom. The Balaban J connectivity index is 2.57. The minimum absolute atomic E-state index is 0.0598. The van der Waals surface area contributed by atoms with Gasteiger partial charge in [0.05, 0.1) is 13.7 Å². The second-order valence-electron chi connectivity index (χ2n) is 5.66. The van der Waals surface area contributed by atoms with Crippen molar-refractivity contribution in [2.45, 2.75) is 45.7 Å². The zero-order valence-electron chi connectivity index (χ0n) is 13.6. The summed E-state index contributed by atoms with van der Waals surface area (Å²) in [5.74, 6) is -0.424. The van der Waals surface area contributed by atoms with Crippen molar-refractivity contribution in [1.29, 1.82) is 0 Å². The molecular weight excluding hydrogens is 270 g/mol. The smallest absolute Gasteiger partial charge is 0.328 e. The van der Waals surface area contributed by atoms with Crippen LogP contribution in [0.1, 0.15) is 33.6 Å². The number of nitrogens with one attached hydrogen (secondary N) is 2. The third-order valence-corrected chi connectivity index (χ3v) is 4.29. The summed E-state index contributed by atoms with van der Waals surface area (Å²) in [5.41, 5.74) is 0. The van der Waals surface area contributed by atoms with Gasteiger partial charge in [0.15, 0.2) is 0 Å². The van der Waals surface area contributed by atoms with Gasteiger partial charge in [-0.2, -0.15) is 0 Å². The molecule has 0 spiro atoms. The van der Waals surface area contributed by atoms with Crippen LogP contribution in [0.4, 0.5) is 0 Å². The second kappa shape index (κ2) is 9.00. The van der Waals surface area contributed by atoms with E-state index in [1.807, 2.05) is 13.8 Å². The predicted molar refractivity (Wildman–Crippen MR) is 81.9 cm³/mol. The number of nitrogens with zero attached hydrogens (tertiary/aromatic N) is 1. The molecule has 6 heteroatoms. The first-order valence-corrected chi connectivity index (χ1v) is 7.85. The molecule has 1 rings (SSSR count). The van der Waals surface area contributed by atoms with E-state index in [9.17, 15) is 9.59 Å². The maximum atomic E-state index is 12.2. The Labute approximate surface area is 127 Å². The number of amides is 1. The normalized spacial score (nSPS) is 21.1. The van der Waals surface area contributed by atoms with Crippen molar-refractivity contribution in [2.75, 3.05) is 33.3 Å². The number of carbonyl (C=O) groups is 2. The van der Waals surface area contributed by atoms with Crippen LogP contribution in [0.3, 0.4) is 0 Å². The van der Waals surface area contributed by atoms with Gasteiger partial charge in [-0.25, -0.2) is 4.79 Å². The highest BCUT2D eigenvalue weighted by molar-refractivity contribution is 5.85. The van der Waals surface area contributed by atoms with Gasteiger partial charge in [-0.3, -0.25) is 9.69 Å². The van der Waals surface area contributed by atoms with E-state index in [2.05, 4.69) is 22.5 Å².